The van der Waals surface area contributed by atoms with E-state index in [9.17, 15) is 19.2 Å². The molecule has 0 aliphatic carbocycles. The van der Waals surface area contributed by atoms with E-state index in [1.165, 1.54) is 4.40 Å². The van der Waals surface area contributed by atoms with E-state index in [4.69, 9.17) is 4.98 Å². The predicted octanol–water partition coefficient (Wildman–Crippen LogP) is 2.93. The van der Waals surface area contributed by atoms with Gasteiger partial charge >= 0.3 is 6.03 Å². The number of nitrogens with one attached hydrogen (secondary N) is 1. The van der Waals surface area contributed by atoms with Crippen LogP contribution in [0.25, 0.3) is 5.65 Å². The third-order valence-corrected chi connectivity index (χ3v) is 8.24. The van der Waals surface area contributed by atoms with Gasteiger partial charge in [0.25, 0.3) is 5.56 Å². The van der Waals surface area contributed by atoms with Crippen molar-refractivity contribution in [3.63, 3.8) is 0 Å². The van der Waals surface area contributed by atoms with Gasteiger partial charge < -0.3 is 4.90 Å². The van der Waals surface area contributed by atoms with Gasteiger partial charge in [-0.05, 0) is 42.2 Å². The van der Waals surface area contributed by atoms with E-state index in [1.807, 2.05) is 66.4 Å². The molecule has 0 radical (unpaired) electrons. The Morgan fingerprint density at radius 2 is 1.74 bits per heavy atom. The van der Waals surface area contributed by atoms with Gasteiger partial charge in [-0.15, -0.1) is 0 Å². The molecule has 9 nitrogen and oxygen atoms in total. The molecule has 5 heterocycles. The molecule has 0 saturated carbocycles. The number of hydrogen-bond acceptors (Lipinski definition) is 6. The van der Waals surface area contributed by atoms with Gasteiger partial charge in [0.05, 0.1) is 18.2 Å². The summed E-state index contributed by atoms with van der Waals surface area (Å²) in [6.07, 6.45) is 2.13. The summed E-state index contributed by atoms with van der Waals surface area (Å²) in [6.45, 7) is 2.44. The van der Waals surface area contributed by atoms with Crippen LogP contribution in [-0.2, 0) is 29.0 Å². The van der Waals surface area contributed by atoms with Crippen molar-refractivity contribution in [1.82, 2.24) is 19.6 Å². The molecule has 9 heteroatoms. The maximum absolute atomic E-state index is 14.5. The van der Waals surface area contributed by atoms with Crippen molar-refractivity contribution in [3.05, 3.63) is 111 Å². The molecule has 1 saturated heterocycles. The van der Waals surface area contributed by atoms with Crippen LogP contribution in [0.2, 0.25) is 0 Å². The third kappa shape index (κ3) is 3.29. The number of benzene rings is 2. The number of imide groups is 2. The van der Waals surface area contributed by atoms with Crippen LogP contribution in [0, 0.1) is 12.3 Å². The first kappa shape index (κ1) is 23.3. The molecule has 194 valence electrons. The van der Waals surface area contributed by atoms with Gasteiger partial charge in [0.2, 0.25) is 11.8 Å². The Balaban J connectivity index is 1.45. The zero-order chi connectivity index (χ0) is 26.9. The maximum atomic E-state index is 14.5. The summed E-state index contributed by atoms with van der Waals surface area (Å²) in [7, 11) is 0. The second kappa shape index (κ2) is 8.36. The second-order valence-corrected chi connectivity index (χ2v) is 10.5. The van der Waals surface area contributed by atoms with E-state index < -0.39 is 29.3 Å². The standard InChI is InChI=1S/C30H25N5O4/c1-18-9-11-19(12-10-18)17-35-28(38)30(27(37)32-29(35)39)16-22-25(31-23-8-4-5-14-33(23)26(22)36)34-15-13-20-6-2-3-7-21(20)24(30)34/h2-12,14,24H,13,15-17H2,1H3,(H,32,37,39)/t24-,30-/m0/s1. The van der Waals surface area contributed by atoms with Crippen molar-refractivity contribution in [3.8, 4) is 0 Å². The molecule has 1 spiro atoms. The molecule has 2 aromatic carbocycles. The van der Waals surface area contributed by atoms with Gasteiger partial charge in [0.15, 0.2) is 5.41 Å². The largest absolute Gasteiger partial charge is 0.347 e. The summed E-state index contributed by atoms with van der Waals surface area (Å²) in [5.74, 6) is -0.807. The number of anilines is 1. The van der Waals surface area contributed by atoms with Crippen LogP contribution in [0.1, 0.15) is 33.9 Å². The topological polar surface area (TPSA) is 104 Å². The molecule has 4 aromatic rings. The van der Waals surface area contributed by atoms with E-state index in [1.54, 1.807) is 18.3 Å². The van der Waals surface area contributed by atoms with Crippen molar-refractivity contribution < 1.29 is 14.4 Å². The minimum absolute atomic E-state index is 0.0101. The molecule has 39 heavy (non-hydrogen) atoms. The molecular weight excluding hydrogens is 494 g/mol. The number of amides is 4. The number of carbonyl (C=O) groups is 3. The minimum atomic E-state index is -1.73. The fourth-order valence-electron chi connectivity index (χ4n) is 6.33. The normalized spacial score (nSPS) is 22.0. The summed E-state index contributed by atoms with van der Waals surface area (Å²) >= 11 is 0. The number of pyridine rings is 1. The summed E-state index contributed by atoms with van der Waals surface area (Å²) in [6, 6.07) is 19.1. The molecule has 1 N–H and O–H groups in total. The minimum Gasteiger partial charge on any atom is -0.347 e. The van der Waals surface area contributed by atoms with Crippen molar-refractivity contribution in [2.24, 2.45) is 5.41 Å². The lowest BCUT2D eigenvalue weighted by atomic mass is 9.65. The lowest BCUT2D eigenvalue weighted by molar-refractivity contribution is -0.154. The van der Waals surface area contributed by atoms with Crippen molar-refractivity contribution in [1.29, 1.82) is 0 Å². The lowest BCUT2D eigenvalue weighted by Gasteiger charge is -2.53. The lowest BCUT2D eigenvalue weighted by Crippen LogP contribution is -2.70. The number of aryl methyl sites for hydroxylation is 1. The number of barbiturate groups is 1. The predicted molar refractivity (Wildman–Crippen MR) is 143 cm³/mol. The maximum Gasteiger partial charge on any atom is 0.331 e. The number of nitrogens with zero attached hydrogens (tertiary/aromatic N) is 4. The Hall–Kier alpha value is -4.79. The number of urea groups is 1. The highest BCUT2D eigenvalue weighted by atomic mass is 16.2. The highest BCUT2D eigenvalue weighted by molar-refractivity contribution is 6.20. The van der Waals surface area contributed by atoms with E-state index in [-0.39, 0.29) is 18.5 Å². The van der Waals surface area contributed by atoms with E-state index >= 15 is 0 Å². The van der Waals surface area contributed by atoms with Crippen LogP contribution in [0.5, 0.6) is 0 Å². The molecular formula is C30H25N5O4. The van der Waals surface area contributed by atoms with Crippen LogP contribution in [0.15, 0.2) is 77.7 Å². The van der Waals surface area contributed by atoms with E-state index in [2.05, 4.69) is 5.32 Å². The number of hydrogen-bond donors (Lipinski definition) is 1. The molecule has 3 aliphatic rings. The SMILES string of the molecule is Cc1ccc(CN2C(=O)NC(=O)[C@@]3(Cc4c(nc5ccccn5c4=O)N4CCc5ccccc5[C@H]43)C2=O)cc1. The van der Waals surface area contributed by atoms with Gasteiger partial charge in [0.1, 0.15) is 11.5 Å². The first-order chi connectivity index (χ1) is 18.9. The highest BCUT2D eigenvalue weighted by Crippen LogP contribution is 2.52. The van der Waals surface area contributed by atoms with Crippen LogP contribution in [-0.4, -0.2) is 38.7 Å². The van der Waals surface area contributed by atoms with Gasteiger partial charge in [-0.2, -0.15) is 0 Å². The van der Waals surface area contributed by atoms with Gasteiger partial charge in [-0.1, -0.05) is 60.2 Å². The summed E-state index contributed by atoms with van der Waals surface area (Å²) < 4.78 is 1.44. The summed E-state index contributed by atoms with van der Waals surface area (Å²) in [4.78, 5) is 63.2. The van der Waals surface area contributed by atoms with Gasteiger partial charge in [-0.3, -0.25) is 29.0 Å². The molecule has 0 unspecified atom stereocenters. The zero-order valence-electron chi connectivity index (χ0n) is 21.3. The first-order valence-corrected chi connectivity index (χ1v) is 13.0. The number of fused-ring (bicyclic) bond motifs is 7. The van der Waals surface area contributed by atoms with E-state index in [0.29, 0.717) is 30.0 Å². The Morgan fingerprint density at radius 3 is 2.56 bits per heavy atom. The van der Waals surface area contributed by atoms with Gasteiger partial charge in [-0.25, -0.2) is 9.78 Å². The number of carbonyl (C=O) groups excluding carboxylic acids is 3. The monoisotopic (exact) mass is 519 g/mol. The number of aromatic nitrogens is 2. The van der Waals surface area contributed by atoms with Gasteiger partial charge in [0, 0.05) is 19.2 Å². The quantitative estimate of drug-likeness (QED) is 0.409. The van der Waals surface area contributed by atoms with Crippen molar-refractivity contribution in [2.75, 3.05) is 11.4 Å². The van der Waals surface area contributed by atoms with Crippen LogP contribution in [0.3, 0.4) is 0 Å². The summed E-state index contributed by atoms with van der Waals surface area (Å²) in [5.41, 5.74) is 2.41. The third-order valence-electron chi connectivity index (χ3n) is 8.24. The molecule has 0 bridgehead atoms. The zero-order valence-corrected chi connectivity index (χ0v) is 21.3. The Labute approximate surface area is 223 Å². The van der Waals surface area contributed by atoms with E-state index in [0.717, 1.165) is 27.2 Å². The van der Waals surface area contributed by atoms with Crippen LogP contribution >= 0.6 is 0 Å². The average Bonchev–Trinajstić information content (AvgIpc) is 2.95. The number of rotatable bonds is 2. The molecule has 2 atom stereocenters. The molecule has 3 aliphatic heterocycles. The fourth-order valence-corrected chi connectivity index (χ4v) is 6.33. The summed E-state index contributed by atoms with van der Waals surface area (Å²) in [5, 5.41) is 2.47. The Bertz CT molecular complexity index is 1760. The van der Waals surface area contributed by atoms with Crippen LogP contribution in [0.4, 0.5) is 10.6 Å². The Morgan fingerprint density at radius 1 is 0.974 bits per heavy atom. The first-order valence-electron chi connectivity index (χ1n) is 13.0. The molecule has 1 fully saturated rings. The van der Waals surface area contributed by atoms with Crippen molar-refractivity contribution in [2.45, 2.75) is 32.4 Å². The molecule has 7 rings (SSSR count). The smallest absolute Gasteiger partial charge is 0.331 e. The Kier molecular flexibility index (Phi) is 5.00. The average molecular weight is 520 g/mol. The van der Waals surface area contributed by atoms with Crippen LogP contribution < -0.4 is 15.8 Å². The highest BCUT2D eigenvalue weighted by Gasteiger charge is 2.64. The molecule has 2 aromatic heterocycles. The van der Waals surface area contributed by atoms with Crippen molar-refractivity contribution >= 4 is 29.3 Å². The fraction of sp³-hybridized carbons (Fsp3) is 0.233. The second-order valence-electron chi connectivity index (χ2n) is 10.5. The molecule has 4 amide bonds.